The molecule has 0 aliphatic carbocycles. The van der Waals surface area contributed by atoms with E-state index in [-0.39, 0.29) is 23.9 Å². The van der Waals surface area contributed by atoms with Crippen LogP contribution in [0.1, 0.15) is 57.6 Å². The van der Waals surface area contributed by atoms with E-state index >= 15 is 0 Å². The summed E-state index contributed by atoms with van der Waals surface area (Å²) >= 11 is 0. The highest BCUT2D eigenvalue weighted by molar-refractivity contribution is 5.74. The lowest BCUT2D eigenvalue weighted by Crippen LogP contribution is -2.48. The van der Waals surface area contributed by atoms with Gasteiger partial charge in [-0.2, -0.15) is 0 Å². The molecule has 8 heteroatoms. The molecule has 8 nitrogen and oxygen atoms in total. The lowest BCUT2D eigenvalue weighted by molar-refractivity contribution is -0.152. The van der Waals surface area contributed by atoms with E-state index in [9.17, 15) is 9.59 Å². The minimum Gasteiger partial charge on any atom is -0.493 e. The van der Waals surface area contributed by atoms with E-state index < -0.39 is 5.60 Å². The van der Waals surface area contributed by atoms with Gasteiger partial charge in [0.2, 0.25) is 5.89 Å². The van der Waals surface area contributed by atoms with Crippen molar-refractivity contribution in [2.45, 2.75) is 65.9 Å². The van der Waals surface area contributed by atoms with Crippen LogP contribution in [0.5, 0.6) is 5.75 Å². The number of piperidine rings is 1. The normalized spacial score (nSPS) is 17.2. The highest BCUT2D eigenvalue weighted by atomic mass is 16.6. The van der Waals surface area contributed by atoms with Crippen LogP contribution >= 0.6 is 0 Å². The number of esters is 1. The number of aryl methyl sites for hydroxylation is 2. The van der Waals surface area contributed by atoms with Gasteiger partial charge in [0.05, 0.1) is 24.8 Å². The SMILES string of the molecule is CCOC(=O)C1CCN(C(=O)OC(C)(C)C)C[C@H]1CCc1ccc(OCCc2nc(-c3ccccc3)oc2C)cc1. The van der Waals surface area contributed by atoms with Gasteiger partial charge in [0.25, 0.3) is 0 Å². The van der Waals surface area contributed by atoms with Crippen LogP contribution < -0.4 is 4.74 Å². The van der Waals surface area contributed by atoms with Crippen molar-refractivity contribution in [3.05, 3.63) is 71.6 Å². The van der Waals surface area contributed by atoms with Crippen LogP contribution in [-0.2, 0) is 27.1 Å². The number of amides is 1. The molecule has 0 radical (unpaired) electrons. The Morgan fingerprint density at radius 2 is 1.78 bits per heavy atom. The van der Waals surface area contributed by atoms with Gasteiger partial charge in [0.15, 0.2) is 0 Å². The first kappa shape index (κ1) is 30.2. The highest BCUT2D eigenvalue weighted by Crippen LogP contribution is 2.30. The fraction of sp³-hybridized carbons (Fsp3) is 0.485. The first-order valence-corrected chi connectivity index (χ1v) is 14.5. The van der Waals surface area contributed by atoms with Crippen LogP contribution in [0.25, 0.3) is 11.5 Å². The van der Waals surface area contributed by atoms with Gasteiger partial charge in [0, 0.05) is 25.1 Å². The number of carbonyl (C=O) groups is 2. The number of aromatic nitrogens is 1. The van der Waals surface area contributed by atoms with E-state index in [2.05, 4.69) is 17.1 Å². The van der Waals surface area contributed by atoms with Gasteiger partial charge in [-0.25, -0.2) is 9.78 Å². The Bertz CT molecular complexity index is 1280. The maximum absolute atomic E-state index is 12.7. The van der Waals surface area contributed by atoms with Gasteiger partial charge >= 0.3 is 12.1 Å². The summed E-state index contributed by atoms with van der Waals surface area (Å²) in [6.07, 6.45) is 2.44. The third-order valence-electron chi connectivity index (χ3n) is 7.22. The van der Waals surface area contributed by atoms with E-state index in [4.69, 9.17) is 18.6 Å². The number of likely N-dealkylation sites (tertiary alicyclic amines) is 1. The summed E-state index contributed by atoms with van der Waals surface area (Å²) in [7, 11) is 0. The van der Waals surface area contributed by atoms with Gasteiger partial charge in [-0.3, -0.25) is 4.79 Å². The monoisotopic (exact) mass is 562 g/mol. The zero-order valence-electron chi connectivity index (χ0n) is 24.9. The van der Waals surface area contributed by atoms with Crippen molar-refractivity contribution in [2.75, 3.05) is 26.3 Å². The molecular formula is C33H42N2O6. The van der Waals surface area contributed by atoms with E-state index in [1.807, 2.05) is 77.1 Å². The molecule has 1 fully saturated rings. The van der Waals surface area contributed by atoms with Crippen LogP contribution in [0.15, 0.2) is 59.0 Å². The van der Waals surface area contributed by atoms with Gasteiger partial charge in [-0.15, -0.1) is 0 Å². The van der Waals surface area contributed by atoms with Crippen LogP contribution in [0.3, 0.4) is 0 Å². The van der Waals surface area contributed by atoms with Crippen molar-refractivity contribution in [1.82, 2.24) is 9.88 Å². The van der Waals surface area contributed by atoms with Crippen LogP contribution in [0.2, 0.25) is 0 Å². The number of ether oxygens (including phenoxy) is 3. The molecule has 2 heterocycles. The zero-order valence-corrected chi connectivity index (χ0v) is 24.9. The fourth-order valence-electron chi connectivity index (χ4n) is 5.11. The number of hydrogen-bond donors (Lipinski definition) is 0. The number of nitrogens with zero attached hydrogens (tertiary/aromatic N) is 2. The van der Waals surface area contributed by atoms with Gasteiger partial charge in [-0.05, 0) is 89.6 Å². The number of carbonyl (C=O) groups excluding carboxylic acids is 2. The second-order valence-corrected chi connectivity index (χ2v) is 11.5. The summed E-state index contributed by atoms with van der Waals surface area (Å²) in [5.41, 5.74) is 2.43. The average molecular weight is 563 g/mol. The molecule has 0 bridgehead atoms. The molecule has 1 aliphatic rings. The summed E-state index contributed by atoms with van der Waals surface area (Å²) in [6, 6.07) is 17.9. The quantitative estimate of drug-likeness (QED) is 0.256. The Balaban J connectivity index is 1.30. The number of hydrogen-bond acceptors (Lipinski definition) is 7. The van der Waals surface area contributed by atoms with E-state index in [1.165, 1.54) is 0 Å². The Morgan fingerprint density at radius 3 is 2.46 bits per heavy atom. The highest BCUT2D eigenvalue weighted by Gasteiger charge is 2.37. The number of benzene rings is 2. The molecule has 0 N–H and O–H groups in total. The summed E-state index contributed by atoms with van der Waals surface area (Å²) < 4.78 is 22.8. The summed E-state index contributed by atoms with van der Waals surface area (Å²) in [5, 5.41) is 0. The van der Waals surface area contributed by atoms with E-state index in [1.54, 1.807) is 4.90 Å². The van der Waals surface area contributed by atoms with Crippen molar-refractivity contribution in [1.29, 1.82) is 0 Å². The Morgan fingerprint density at radius 1 is 1.05 bits per heavy atom. The molecule has 0 spiro atoms. The largest absolute Gasteiger partial charge is 0.493 e. The summed E-state index contributed by atoms with van der Waals surface area (Å²) in [5.74, 6) is 1.81. The standard InChI is InChI=1S/C33H42N2O6/c1-6-38-31(36)28-18-20-35(32(37)41-33(3,4)5)22-26(28)15-12-24-13-16-27(17-14-24)39-21-19-29-23(2)40-30(34-29)25-10-8-7-9-11-25/h7-11,13-14,16-17,26,28H,6,12,15,18-22H2,1-5H3/t26-,28?/m1/s1. The van der Waals surface area contributed by atoms with E-state index in [0.717, 1.165) is 41.2 Å². The zero-order chi connectivity index (χ0) is 29.4. The molecule has 1 unspecified atom stereocenters. The minimum absolute atomic E-state index is 0.00211. The van der Waals surface area contributed by atoms with E-state index in [0.29, 0.717) is 45.0 Å². The fourth-order valence-corrected chi connectivity index (χ4v) is 5.11. The molecule has 0 saturated carbocycles. The molecule has 3 aromatic rings. The van der Waals surface area contributed by atoms with Crippen molar-refractivity contribution in [3.8, 4) is 17.2 Å². The third-order valence-corrected chi connectivity index (χ3v) is 7.22. The third kappa shape index (κ3) is 8.59. The molecule has 2 atom stereocenters. The molecule has 1 saturated heterocycles. The first-order chi connectivity index (χ1) is 19.6. The van der Waals surface area contributed by atoms with Crippen LogP contribution in [0.4, 0.5) is 4.79 Å². The van der Waals surface area contributed by atoms with Gasteiger partial charge < -0.3 is 23.5 Å². The number of rotatable bonds is 10. The molecule has 220 valence electrons. The molecule has 1 aromatic heterocycles. The Kier molecular flexibility index (Phi) is 10.1. The van der Waals surface area contributed by atoms with Crippen molar-refractivity contribution in [3.63, 3.8) is 0 Å². The lowest BCUT2D eigenvalue weighted by Gasteiger charge is -2.38. The predicted octanol–water partition coefficient (Wildman–Crippen LogP) is 6.64. The molecule has 1 aliphatic heterocycles. The van der Waals surface area contributed by atoms with Crippen molar-refractivity contribution >= 4 is 12.1 Å². The van der Waals surface area contributed by atoms with Crippen molar-refractivity contribution in [2.24, 2.45) is 11.8 Å². The summed E-state index contributed by atoms with van der Waals surface area (Å²) in [6.45, 7) is 11.1. The average Bonchev–Trinajstić information content (AvgIpc) is 3.32. The second-order valence-electron chi connectivity index (χ2n) is 11.5. The maximum atomic E-state index is 12.7. The molecular weight excluding hydrogens is 520 g/mol. The van der Waals surface area contributed by atoms with Crippen molar-refractivity contribution < 1.29 is 28.2 Å². The minimum atomic E-state index is -0.562. The maximum Gasteiger partial charge on any atom is 0.410 e. The van der Waals surface area contributed by atoms with Crippen LogP contribution in [-0.4, -0.2) is 53.9 Å². The molecule has 4 rings (SSSR count). The van der Waals surface area contributed by atoms with Crippen LogP contribution in [0, 0.1) is 18.8 Å². The first-order valence-electron chi connectivity index (χ1n) is 14.5. The number of oxazole rings is 1. The smallest absolute Gasteiger partial charge is 0.410 e. The Hall–Kier alpha value is -3.81. The molecule has 2 aromatic carbocycles. The Labute approximate surface area is 243 Å². The topological polar surface area (TPSA) is 91.1 Å². The van der Waals surface area contributed by atoms with Gasteiger partial charge in [0.1, 0.15) is 17.1 Å². The molecule has 41 heavy (non-hydrogen) atoms. The predicted molar refractivity (Wildman–Crippen MR) is 157 cm³/mol. The molecule has 1 amide bonds. The second kappa shape index (κ2) is 13.7. The lowest BCUT2D eigenvalue weighted by atomic mass is 9.82. The van der Waals surface area contributed by atoms with Gasteiger partial charge in [-0.1, -0.05) is 30.3 Å². The summed E-state index contributed by atoms with van der Waals surface area (Å²) in [4.78, 5) is 31.8.